The summed E-state index contributed by atoms with van der Waals surface area (Å²) in [5.74, 6) is 0. The molecule has 8 nitrogen and oxygen atoms in total. The average molecular weight is 1020 g/mol. The summed E-state index contributed by atoms with van der Waals surface area (Å²) >= 11 is 34.6. The molecule has 0 amide bonds. The van der Waals surface area contributed by atoms with E-state index in [-0.39, 0.29) is 46.8 Å². The second-order valence-corrected chi connectivity index (χ2v) is 20.4. The molecule has 18 heteroatoms. The zero-order valence-electron chi connectivity index (χ0n) is 36.4. The number of benzene rings is 3. The summed E-state index contributed by atoms with van der Waals surface area (Å²) in [4.78, 5) is 18.4. The van der Waals surface area contributed by atoms with Crippen molar-refractivity contribution in [1.29, 1.82) is 0 Å². The van der Waals surface area contributed by atoms with E-state index < -0.39 is 22.0 Å². The number of aryl methyl sites for hydroxylation is 1. The van der Waals surface area contributed by atoms with Gasteiger partial charge in [0.2, 0.25) is 0 Å². The number of halogens is 7. The summed E-state index contributed by atoms with van der Waals surface area (Å²) in [6, 6.07) is 26.4. The molecule has 0 saturated heterocycles. The molecule has 0 saturated carbocycles. The van der Waals surface area contributed by atoms with Crippen LogP contribution in [0.25, 0.3) is 0 Å². The summed E-state index contributed by atoms with van der Waals surface area (Å²) < 4.78 is 25.4. The van der Waals surface area contributed by atoms with Gasteiger partial charge < -0.3 is 12.7 Å². The van der Waals surface area contributed by atoms with Crippen LogP contribution in [-0.2, 0) is 22.0 Å². The van der Waals surface area contributed by atoms with Crippen LogP contribution in [0.1, 0.15) is 100 Å². The monoisotopic (exact) mass is 1020 g/mol. The molecule has 5 rings (SSSR count). The van der Waals surface area contributed by atoms with E-state index in [1.54, 1.807) is 61.1 Å². The first-order chi connectivity index (χ1) is 28.0. The number of carbonyl (C=O) groups is 1. The molecule has 0 aliphatic carbocycles. The van der Waals surface area contributed by atoms with Gasteiger partial charge in [0.1, 0.15) is 17.3 Å². The van der Waals surface area contributed by atoms with Crippen LogP contribution < -0.4 is 29.7 Å². The van der Waals surface area contributed by atoms with Gasteiger partial charge in [0.15, 0.2) is 0 Å². The Hall–Kier alpha value is -1.85. The van der Waals surface area contributed by atoms with E-state index in [4.69, 9.17) is 80.5 Å². The maximum Gasteiger partial charge on any atom is 1.00 e. The third-order valence-corrected chi connectivity index (χ3v) is 11.7. The predicted octanol–water partition coefficient (Wildman–Crippen LogP) is 11.0. The van der Waals surface area contributed by atoms with E-state index in [1.165, 1.54) is 12.5 Å². The van der Waals surface area contributed by atoms with Crippen molar-refractivity contribution in [3.8, 4) is 0 Å². The van der Waals surface area contributed by atoms with Gasteiger partial charge >= 0.3 is 18.9 Å². The van der Waals surface area contributed by atoms with Gasteiger partial charge in [-0.15, -0.1) is 12.4 Å². The SMILES string of the molecule is CC(C)(C)S(=O)N=Cc1ccc(Cl)c(Cl)c1.CC(C)(C)S(N)=O.Cc1ccccn1.Cl.NC(c1ccc(Cl)c(Cl)c1)c1ccccn1.O=Cc1ccc(Cl)c(Cl)c1.[CH2-]CCC.[Li+]. The van der Waals surface area contributed by atoms with Crippen molar-refractivity contribution in [3.05, 3.63) is 169 Å². The molecule has 2 aromatic heterocycles. The van der Waals surface area contributed by atoms with Gasteiger partial charge in [-0.05, 0) is 120 Å². The largest absolute Gasteiger partial charge is 1.00 e. The minimum atomic E-state index is -1.26. The van der Waals surface area contributed by atoms with Gasteiger partial charge in [0.05, 0.1) is 62.4 Å². The molecule has 5 aromatic rings. The molecule has 0 aliphatic heterocycles. The second-order valence-electron chi connectivity index (χ2n) is 14.2. The van der Waals surface area contributed by atoms with Crippen LogP contribution in [-0.4, -0.2) is 40.4 Å². The third kappa shape index (κ3) is 28.8. The van der Waals surface area contributed by atoms with Crippen LogP contribution in [0.2, 0.25) is 30.1 Å². The molecule has 0 aliphatic rings. The molecule has 0 bridgehead atoms. The van der Waals surface area contributed by atoms with Gasteiger partial charge in [0.25, 0.3) is 0 Å². The number of rotatable bonds is 6. The van der Waals surface area contributed by atoms with E-state index in [2.05, 4.69) is 28.2 Å². The summed E-state index contributed by atoms with van der Waals surface area (Å²) in [6.07, 6.45) is 8.05. The average Bonchev–Trinajstić information content (AvgIpc) is 3.21. The van der Waals surface area contributed by atoms with Crippen molar-refractivity contribution in [2.45, 2.75) is 83.8 Å². The van der Waals surface area contributed by atoms with Gasteiger partial charge in [-0.1, -0.05) is 113 Å². The Kier molecular flexibility index (Phi) is 35.8. The van der Waals surface area contributed by atoms with Crippen molar-refractivity contribution < 1.29 is 32.1 Å². The van der Waals surface area contributed by atoms with E-state index in [9.17, 15) is 13.2 Å². The Morgan fingerprint density at radius 1 is 0.710 bits per heavy atom. The molecular formula is C44H55Cl7LiN5O3S2. The fourth-order valence-corrected chi connectivity index (χ4v) is 4.78. The minimum Gasteiger partial charge on any atom is -0.343 e. The fraction of sp³-hybridized carbons (Fsp3) is 0.295. The number of unbranched alkanes of at least 4 members (excludes halogenated alkanes) is 1. The summed E-state index contributed by atoms with van der Waals surface area (Å²) in [5.41, 5.74) is 10.2. The van der Waals surface area contributed by atoms with E-state index >= 15 is 0 Å². The van der Waals surface area contributed by atoms with Crippen LogP contribution in [0.4, 0.5) is 0 Å². The van der Waals surface area contributed by atoms with Crippen LogP contribution in [0.15, 0.2) is 108 Å². The smallest absolute Gasteiger partial charge is 0.343 e. The van der Waals surface area contributed by atoms with Gasteiger partial charge in [-0.2, -0.15) is 10.8 Å². The molecular weight excluding hydrogens is 966 g/mol. The number of nitrogens with zero attached hydrogens (tertiary/aromatic N) is 3. The minimum absolute atomic E-state index is 0. The molecule has 336 valence electrons. The molecule has 62 heavy (non-hydrogen) atoms. The van der Waals surface area contributed by atoms with Crippen LogP contribution in [0.3, 0.4) is 0 Å². The first kappa shape index (κ1) is 64.4. The maximum atomic E-state index is 11.6. The van der Waals surface area contributed by atoms with Gasteiger partial charge in [0, 0.05) is 29.9 Å². The molecule has 0 fully saturated rings. The summed E-state index contributed by atoms with van der Waals surface area (Å²) in [6.45, 7) is 18.8. The predicted molar refractivity (Wildman–Crippen MR) is 269 cm³/mol. The van der Waals surface area contributed by atoms with Crippen molar-refractivity contribution >= 4 is 116 Å². The van der Waals surface area contributed by atoms with Crippen LogP contribution in [0.5, 0.6) is 0 Å². The number of aldehydes is 1. The zero-order valence-corrected chi connectivity index (χ0v) is 43.4. The number of nitrogens with two attached hydrogens (primary N) is 2. The Labute approximate surface area is 422 Å². The number of hydrogen-bond acceptors (Lipinski definition) is 6. The quantitative estimate of drug-likeness (QED) is 0.0751. The van der Waals surface area contributed by atoms with Crippen molar-refractivity contribution in [3.63, 3.8) is 0 Å². The number of aromatic nitrogens is 2. The topological polar surface area (TPSA) is 141 Å². The van der Waals surface area contributed by atoms with Crippen molar-refractivity contribution in [2.75, 3.05) is 0 Å². The first-order valence-electron chi connectivity index (χ1n) is 18.2. The molecule has 2 heterocycles. The molecule has 3 atom stereocenters. The third-order valence-electron chi connectivity index (χ3n) is 6.92. The molecule has 4 N–H and O–H groups in total. The number of pyridine rings is 2. The Bertz CT molecular complexity index is 2090. The fourth-order valence-electron chi connectivity index (χ4n) is 3.33. The van der Waals surface area contributed by atoms with Crippen molar-refractivity contribution in [1.82, 2.24) is 9.97 Å². The molecule has 3 aromatic carbocycles. The number of carbonyl (C=O) groups excluding carboxylic acids is 1. The van der Waals surface area contributed by atoms with E-state index in [1.807, 2.05) is 90.9 Å². The van der Waals surface area contributed by atoms with Gasteiger partial charge in [-0.3, -0.25) is 19.9 Å². The summed E-state index contributed by atoms with van der Waals surface area (Å²) in [7, 11) is -2.44. The normalized spacial score (nSPS) is 11.8. The van der Waals surface area contributed by atoms with Crippen LogP contribution >= 0.6 is 82.0 Å². The molecule has 3 unspecified atom stereocenters. The number of hydrogen-bond donors (Lipinski definition) is 2. The summed E-state index contributed by atoms with van der Waals surface area (Å²) in [5, 5.41) is 7.91. The van der Waals surface area contributed by atoms with Gasteiger partial charge in [-0.25, -0.2) is 8.42 Å². The standard InChI is InChI=1S/C12H10Cl2N2.C11H13Cl2NOS.C7H4Cl2O.C6H7N.C4H11NOS.C4H9.ClH.Li/c13-9-5-4-8(7-10(9)14)12(15)11-3-1-2-6-16-11;1-11(2,3)16(15)14-7-8-4-5-9(12)10(13)6-8;8-6-2-1-5(4-10)3-7(6)9;1-6-4-2-3-5-7-6;1-4(2,3)7(5)6;1-3-4-2;;/h1-7,12H,15H2;4-7H,1-3H3;1-4H;2-5H,1H3;5H2,1-3H3;1,3-4H2,2H3;1H;/q;;;;;-1;;+1. The van der Waals surface area contributed by atoms with Crippen LogP contribution in [0, 0.1) is 13.8 Å². The maximum absolute atomic E-state index is 11.6. The Morgan fingerprint density at radius 3 is 1.48 bits per heavy atom. The Balaban J connectivity index is -0.000000707. The molecule has 0 radical (unpaired) electrons. The van der Waals surface area contributed by atoms with E-state index in [0.29, 0.717) is 35.7 Å². The van der Waals surface area contributed by atoms with Crippen molar-refractivity contribution in [2.24, 2.45) is 15.3 Å². The second kappa shape index (κ2) is 34.5. The Morgan fingerprint density at radius 2 is 1.15 bits per heavy atom. The zero-order chi connectivity index (χ0) is 46.1. The molecule has 0 spiro atoms. The van der Waals surface area contributed by atoms with E-state index in [0.717, 1.165) is 35.2 Å². The first-order valence-corrected chi connectivity index (χ1v) is 22.8.